The molecule has 2 N–H and O–H groups in total. The molecule has 0 aromatic heterocycles. The summed E-state index contributed by atoms with van der Waals surface area (Å²) in [6.45, 7) is 7.27. The molecule has 0 unspecified atom stereocenters. The van der Waals surface area contributed by atoms with Crippen molar-refractivity contribution in [3.8, 4) is 0 Å². The predicted octanol–water partition coefficient (Wildman–Crippen LogP) is 1.42. The van der Waals surface area contributed by atoms with E-state index in [1.807, 2.05) is 6.92 Å². The molecule has 0 bridgehead atoms. The van der Waals surface area contributed by atoms with E-state index in [1.54, 1.807) is 20.8 Å². The summed E-state index contributed by atoms with van der Waals surface area (Å²) in [5.41, 5.74) is -0.581. The topological polar surface area (TPSA) is 75.6 Å². The average Bonchev–Trinajstić information content (AvgIpc) is 2.24. The second-order valence-corrected chi connectivity index (χ2v) is 4.91. The van der Waals surface area contributed by atoms with Crippen molar-refractivity contribution in [3.63, 3.8) is 0 Å². The third-order valence-electron chi connectivity index (χ3n) is 2.93. The van der Waals surface area contributed by atoms with Crippen molar-refractivity contribution in [3.05, 3.63) is 0 Å². The molecule has 0 saturated carbocycles. The van der Waals surface area contributed by atoms with Gasteiger partial charge in [-0.2, -0.15) is 0 Å². The van der Waals surface area contributed by atoms with Gasteiger partial charge in [-0.3, -0.25) is 4.79 Å². The summed E-state index contributed by atoms with van der Waals surface area (Å²) in [5.74, 6) is -1.39. The minimum Gasteiger partial charge on any atom is -0.480 e. The second kappa shape index (κ2) is 6.59. The van der Waals surface area contributed by atoms with Gasteiger partial charge in [-0.1, -0.05) is 20.3 Å². The van der Waals surface area contributed by atoms with Crippen LogP contribution in [0, 0.1) is 5.92 Å². The fourth-order valence-electron chi connectivity index (χ4n) is 1.37. The van der Waals surface area contributed by atoms with Crippen LogP contribution in [0.4, 0.5) is 0 Å². The first kappa shape index (κ1) is 15.9. The molecule has 0 aliphatic rings. The molecule has 17 heavy (non-hydrogen) atoms. The lowest BCUT2D eigenvalue weighted by Gasteiger charge is -2.25. The molecule has 0 fully saturated rings. The van der Waals surface area contributed by atoms with E-state index in [4.69, 9.17) is 9.84 Å². The first-order valence-electron chi connectivity index (χ1n) is 5.80. The van der Waals surface area contributed by atoms with Crippen molar-refractivity contribution < 1.29 is 19.4 Å². The number of aliphatic carboxylic acids is 1. The standard InChI is InChI=1S/C12H23NO4/c1-6-8(2)10(11(15)16)13-9(14)7-12(3,4)17-5/h8,10H,6-7H2,1-5H3,(H,13,14)(H,15,16)/t8-,10-/m0/s1. The first-order chi connectivity index (χ1) is 7.73. The molecule has 0 aliphatic carbocycles. The minimum absolute atomic E-state index is 0.0953. The molecule has 1 amide bonds. The average molecular weight is 245 g/mol. The van der Waals surface area contributed by atoms with Crippen molar-refractivity contribution in [1.29, 1.82) is 0 Å². The molecule has 100 valence electrons. The van der Waals surface area contributed by atoms with Crippen LogP contribution in [-0.4, -0.2) is 35.7 Å². The fraction of sp³-hybridized carbons (Fsp3) is 0.833. The van der Waals surface area contributed by atoms with E-state index in [0.29, 0.717) is 6.42 Å². The highest BCUT2D eigenvalue weighted by Crippen LogP contribution is 2.14. The first-order valence-corrected chi connectivity index (χ1v) is 5.80. The zero-order valence-corrected chi connectivity index (χ0v) is 11.2. The van der Waals surface area contributed by atoms with Gasteiger partial charge in [-0.25, -0.2) is 4.79 Å². The van der Waals surface area contributed by atoms with Gasteiger partial charge in [0.05, 0.1) is 12.0 Å². The lowest BCUT2D eigenvalue weighted by atomic mass is 9.98. The molecule has 0 radical (unpaired) electrons. The largest absolute Gasteiger partial charge is 0.480 e. The summed E-state index contributed by atoms with van der Waals surface area (Å²) >= 11 is 0. The number of carbonyl (C=O) groups excluding carboxylic acids is 1. The van der Waals surface area contributed by atoms with Crippen LogP contribution in [0.25, 0.3) is 0 Å². The maximum atomic E-state index is 11.7. The Bertz CT molecular complexity index is 276. The molecule has 5 nitrogen and oxygen atoms in total. The number of carboxylic acid groups (broad SMARTS) is 1. The van der Waals surface area contributed by atoms with Gasteiger partial charge in [0, 0.05) is 7.11 Å². The highest BCUT2D eigenvalue weighted by Gasteiger charge is 2.28. The molecular weight excluding hydrogens is 222 g/mol. The molecule has 0 aromatic carbocycles. The predicted molar refractivity (Wildman–Crippen MR) is 64.7 cm³/mol. The molecule has 2 atom stereocenters. The van der Waals surface area contributed by atoms with E-state index in [1.165, 1.54) is 7.11 Å². The lowest BCUT2D eigenvalue weighted by Crippen LogP contribution is -2.46. The summed E-state index contributed by atoms with van der Waals surface area (Å²) in [5, 5.41) is 11.6. The Morgan fingerprint density at radius 1 is 1.41 bits per heavy atom. The van der Waals surface area contributed by atoms with Crippen LogP contribution in [0.2, 0.25) is 0 Å². The van der Waals surface area contributed by atoms with Crippen LogP contribution < -0.4 is 5.32 Å². The van der Waals surface area contributed by atoms with E-state index in [-0.39, 0.29) is 18.2 Å². The Morgan fingerprint density at radius 2 is 1.94 bits per heavy atom. The second-order valence-electron chi connectivity index (χ2n) is 4.91. The van der Waals surface area contributed by atoms with Gasteiger partial charge in [0.25, 0.3) is 0 Å². The Labute approximate surface area is 103 Å². The SMILES string of the molecule is CC[C@H](C)[C@H](NC(=O)CC(C)(C)OC)C(=O)O. The van der Waals surface area contributed by atoms with Gasteiger partial charge in [0.15, 0.2) is 0 Å². The third kappa shape index (κ3) is 5.68. The lowest BCUT2D eigenvalue weighted by molar-refractivity contribution is -0.144. The summed E-state index contributed by atoms with van der Waals surface area (Å²) in [4.78, 5) is 22.7. The summed E-state index contributed by atoms with van der Waals surface area (Å²) in [6.07, 6.45) is 0.842. The van der Waals surface area contributed by atoms with Gasteiger partial charge in [-0.15, -0.1) is 0 Å². The number of ether oxygens (including phenoxy) is 1. The number of amides is 1. The number of hydrogen-bond donors (Lipinski definition) is 2. The van der Waals surface area contributed by atoms with Crippen molar-refractivity contribution in [2.75, 3.05) is 7.11 Å². The summed E-state index contributed by atoms with van der Waals surface area (Å²) in [6, 6.07) is -0.833. The highest BCUT2D eigenvalue weighted by atomic mass is 16.5. The van der Waals surface area contributed by atoms with Crippen LogP contribution in [0.5, 0.6) is 0 Å². The van der Waals surface area contributed by atoms with Gasteiger partial charge in [0.2, 0.25) is 5.91 Å². The van der Waals surface area contributed by atoms with E-state index < -0.39 is 17.6 Å². The maximum Gasteiger partial charge on any atom is 0.326 e. The van der Waals surface area contributed by atoms with E-state index in [0.717, 1.165) is 0 Å². The fourth-order valence-corrected chi connectivity index (χ4v) is 1.37. The zero-order valence-electron chi connectivity index (χ0n) is 11.2. The van der Waals surface area contributed by atoms with Crippen LogP contribution >= 0.6 is 0 Å². The van der Waals surface area contributed by atoms with Crippen LogP contribution in [0.3, 0.4) is 0 Å². The molecule has 0 saturated heterocycles. The Balaban J connectivity index is 4.47. The van der Waals surface area contributed by atoms with Crippen molar-refractivity contribution in [2.45, 2.75) is 52.2 Å². The number of rotatable bonds is 7. The van der Waals surface area contributed by atoms with E-state index in [2.05, 4.69) is 5.32 Å². The minimum atomic E-state index is -0.997. The molecule has 0 heterocycles. The van der Waals surface area contributed by atoms with Gasteiger partial charge < -0.3 is 15.2 Å². The summed E-state index contributed by atoms with van der Waals surface area (Å²) in [7, 11) is 1.52. The van der Waals surface area contributed by atoms with E-state index >= 15 is 0 Å². The monoisotopic (exact) mass is 245 g/mol. The van der Waals surface area contributed by atoms with Crippen LogP contribution in [0.1, 0.15) is 40.5 Å². The molecule has 0 aromatic rings. The normalized spacial score (nSPS) is 15.1. The molecule has 0 spiro atoms. The van der Waals surface area contributed by atoms with Gasteiger partial charge >= 0.3 is 5.97 Å². The Hall–Kier alpha value is -1.10. The highest BCUT2D eigenvalue weighted by molar-refractivity contribution is 5.84. The Morgan fingerprint density at radius 3 is 2.29 bits per heavy atom. The van der Waals surface area contributed by atoms with Gasteiger partial charge in [-0.05, 0) is 19.8 Å². The smallest absolute Gasteiger partial charge is 0.326 e. The van der Waals surface area contributed by atoms with Gasteiger partial charge in [0.1, 0.15) is 6.04 Å². The van der Waals surface area contributed by atoms with Crippen LogP contribution in [0.15, 0.2) is 0 Å². The summed E-state index contributed by atoms with van der Waals surface area (Å²) < 4.78 is 5.13. The van der Waals surface area contributed by atoms with Crippen molar-refractivity contribution in [1.82, 2.24) is 5.32 Å². The van der Waals surface area contributed by atoms with Crippen molar-refractivity contribution >= 4 is 11.9 Å². The maximum absolute atomic E-state index is 11.7. The number of hydrogen-bond acceptors (Lipinski definition) is 3. The van der Waals surface area contributed by atoms with Crippen molar-refractivity contribution in [2.24, 2.45) is 5.92 Å². The quantitative estimate of drug-likeness (QED) is 0.711. The van der Waals surface area contributed by atoms with E-state index in [9.17, 15) is 9.59 Å². The molecule has 5 heteroatoms. The van der Waals surface area contributed by atoms with Crippen LogP contribution in [-0.2, 0) is 14.3 Å². The number of carbonyl (C=O) groups is 2. The number of nitrogens with one attached hydrogen (secondary N) is 1. The Kier molecular flexibility index (Phi) is 6.16. The molecular formula is C12H23NO4. The number of methoxy groups -OCH3 is 1. The molecule has 0 aliphatic heterocycles. The molecule has 0 rings (SSSR count). The number of carboxylic acids is 1. The third-order valence-corrected chi connectivity index (χ3v) is 2.93. The zero-order chi connectivity index (χ0) is 13.6.